The zero-order valence-electron chi connectivity index (χ0n) is 21.1. The van der Waals surface area contributed by atoms with E-state index in [9.17, 15) is 5.11 Å². The molecule has 2 aliphatic heterocycles. The number of thioether (sulfide) groups is 1. The number of aliphatic hydroxyl groups excluding tert-OH is 1. The van der Waals surface area contributed by atoms with Crippen molar-refractivity contribution < 1.29 is 9.53 Å². The van der Waals surface area contributed by atoms with Crippen LogP contribution in [0.25, 0.3) is 0 Å². The highest BCUT2D eigenvalue weighted by Gasteiger charge is 2.44. The summed E-state index contributed by atoms with van der Waals surface area (Å²) in [5, 5.41) is 12.1. The molecule has 5 heteroatoms. The summed E-state index contributed by atoms with van der Waals surface area (Å²) in [7, 11) is -1.86. The van der Waals surface area contributed by atoms with Gasteiger partial charge in [-0.25, -0.2) is 0 Å². The van der Waals surface area contributed by atoms with Gasteiger partial charge in [0.05, 0.1) is 6.10 Å². The first kappa shape index (κ1) is 24.8. The van der Waals surface area contributed by atoms with Crippen LogP contribution in [0.15, 0.2) is 59.5 Å². The van der Waals surface area contributed by atoms with Gasteiger partial charge >= 0.3 is 0 Å². The molecule has 180 valence electrons. The molecule has 2 saturated heterocycles. The van der Waals surface area contributed by atoms with Crippen LogP contribution < -0.4 is 4.43 Å². The minimum atomic E-state index is -1.86. The summed E-state index contributed by atoms with van der Waals surface area (Å²) in [6.07, 6.45) is 4.46. The zero-order chi connectivity index (χ0) is 23.8. The summed E-state index contributed by atoms with van der Waals surface area (Å²) < 4.78 is 6.43. The van der Waals surface area contributed by atoms with E-state index in [4.69, 9.17) is 4.43 Å². The lowest BCUT2D eigenvalue weighted by molar-refractivity contribution is 0.0115. The number of benzene rings is 2. The topological polar surface area (TPSA) is 32.7 Å². The summed E-state index contributed by atoms with van der Waals surface area (Å²) in [4.78, 5) is 4.01. The van der Waals surface area contributed by atoms with Gasteiger partial charge in [-0.2, -0.15) is 0 Å². The molecular weight excluding hydrogens is 442 g/mol. The zero-order valence-corrected chi connectivity index (χ0v) is 22.9. The van der Waals surface area contributed by atoms with E-state index in [2.05, 4.69) is 88.2 Å². The van der Waals surface area contributed by atoms with E-state index >= 15 is 0 Å². The molecule has 0 aromatic heterocycles. The maximum atomic E-state index is 11.3. The predicted molar refractivity (Wildman–Crippen MR) is 143 cm³/mol. The van der Waals surface area contributed by atoms with Crippen molar-refractivity contribution in [3.63, 3.8) is 0 Å². The molecule has 4 rings (SSSR count). The number of hydrogen-bond acceptors (Lipinski definition) is 4. The van der Waals surface area contributed by atoms with Crippen LogP contribution >= 0.6 is 11.8 Å². The Hall–Kier alpha value is -1.27. The van der Waals surface area contributed by atoms with Crippen molar-refractivity contribution in [1.82, 2.24) is 4.90 Å². The smallest absolute Gasteiger partial charge is 0.250 e. The molecule has 0 spiro atoms. The van der Waals surface area contributed by atoms with Crippen molar-refractivity contribution in [1.29, 1.82) is 0 Å². The molecule has 2 unspecified atom stereocenters. The largest absolute Gasteiger partial charge is 0.544 e. The second-order valence-corrected chi connectivity index (χ2v) is 17.6. The monoisotopic (exact) mass is 483 g/mol. The fourth-order valence-electron chi connectivity index (χ4n) is 5.24. The van der Waals surface area contributed by atoms with E-state index in [0.717, 1.165) is 11.3 Å². The lowest BCUT2D eigenvalue weighted by Crippen LogP contribution is -2.50. The number of piperidine rings is 1. The van der Waals surface area contributed by atoms with Gasteiger partial charge in [-0.05, 0) is 80.6 Å². The lowest BCUT2D eigenvalue weighted by Gasteiger charge is -2.44. The van der Waals surface area contributed by atoms with Gasteiger partial charge in [-0.15, -0.1) is 11.8 Å². The summed E-state index contributed by atoms with van der Waals surface area (Å²) in [5.74, 6) is 0.920. The molecule has 2 aliphatic rings. The maximum Gasteiger partial charge on any atom is 0.250 e. The highest BCUT2D eigenvalue weighted by molar-refractivity contribution is 8.00. The molecule has 3 nitrogen and oxygen atoms in total. The molecule has 2 aromatic rings. The molecule has 0 radical (unpaired) electrons. The van der Waals surface area contributed by atoms with E-state index in [1.54, 1.807) is 0 Å². The van der Waals surface area contributed by atoms with Crippen LogP contribution in [-0.4, -0.2) is 41.7 Å². The van der Waals surface area contributed by atoms with Crippen molar-refractivity contribution in [3.05, 3.63) is 60.2 Å². The Morgan fingerprint density at radius 3 is 2.09 bits per heavy atom. The molecular formula is C28H41NO2SSi. The highest BCUT2D eigenvalue weighted by Crippen LogP contribution is 2.45. The number of aliphatic hydroxyl groups is 1. The van der Waals surface area contributed by atoms with Crippen molar-refractivity contribution >= 4 is 20.1 Å². The number of rotatable bonds is 7. The Balaban J connectivity index is 1.39. The predicted octanol–water partition coefficient (Wildman–Crippen LogP) is 7.28. The highest BCUT2D eigenvalue weighted by atomic mass is 32.2. The molecule has 4 atom stereocenters. The van der Waals surface area contributed by atoms with E-state index in [1.165, 1.54) is 30.6 Å². The minimum Gasteiger partial charge on any atom is -0.544 e. The lowest BCUT2D eigenvalue weighted by atomic mass is 9.95. The van der Waals surface area contributed by atoms with Crippen molar-refractivity contribution in [2.24, 2.45) is 0 Å². The van der Waals surface area contributed by atoms with Gasteiger partial charge in [0.15, 0.2) is 0 Å². The quantitative estimate of drug-likeness (QED) is 0.419. The average Bonchev–Trinajstić information content (AvgIpc) is 3.03. The third-order valence-electron chi connectivity index (χ3n) is 8.12. The molecule has 0 amide bonds. The molecule has 0 aliphatic carbocycles. The maximum absolute atomic E-state index is 11.3. The van der Waals surface area contributed by atoms with Crippen molar-refractivity contribution in [2.45, 2.75) is 106 Å². The van der Waals surface area contributed by atoms with Gasteiger partial charge < -0.3 is 9.53 Å². The van der Waals surface area contributed by atoms with Crippen LogP contribution in [0.1, 0.15) is 65.0 Å². The molecule has 2 bridgehead atoms. The molecule has 2 fully saturated rings. The van der Waals surface area contributed by atoms with Gasteiger partial charge in [0, 0.05) is 28.3 Å². The summed E-state index contributed by atoms with van der Waals surface area (Å²) in [6.45, 7) is 13.5. The Morgan fingerprint density at radius 2 is 1.55 bits per heavy atom. The number of nitrogens with zero attached hydrogens (tertiary/aromatic N) is 1. The molecule has 1 N–H and O–H groups in total. The molecule has 33 heavy (non-hydrogen) atoms. The third kappa shape index (κ3) is 5.53. The van der Waals surface area contributed by atoms with Gasteiger partial charge in [0.2, 0.25) is 8.32 Å². The van der Waals surface area contributed by atoms with Gasteiger partial charge in [-0.3, -0.25) is 4.90 Å². The number of fused-ring (bicyclic) bond motifs is 2. The second-order valence-electron chi connectivity index (χ2n) is 11.5. The fourth-order valence-corrected chi connectivity index (χ4v) is 7.61. The summed E-state index contributed by atoms with van der Waals surface area (Å²) in [6, 6.07) is 20.3. The van der Waals surface area contributed by atoms with Crippen LogP contribution in [0.2, 0.25) is 18.1 Å². The average molecular weight is 484 g/mol. The summed E-state index contributed by atoms with van der Waals surface area (Å²) in [5.41, 5.74) is 0.991. The molecule has 2 heterocycles. The van der Waals surface area contributed by atoms with Crippen LogP contribution in [0.3, 0.4) is 0 Å². The molecule has 0 saturated carbocycles. The van der Waals surface area contributed by atoms with E-state index in [-0.39, 0.29) is 11.1 Å². The molecule has 2 aromatic carbocycles. The normalized spacial score (nSPS) is 25.6. The van der Waals surface area contributed by atoms with Gasteiger partial charge in [0.1, 0.15) is 5.75 Å². The first-order valence-electron chi connectivity index (χ1n) is 12.5. The van der Waals surface area contributed by atoms with E-state index < -0.39 is 14.4 Å². The Labute approximate surface area is 206 Å². The Kier molecular flexibility index (Phi) is 7.35. The first-order chi connectivity index (χ1) is 15.5. The standard InChI is InChI=1S/C28H41NO2SSi/c1-20(27(30)21-12-16-24(17-13-21)31-33(5,6)28(2,3)4)29-22-14-15-23(29)19-26(18-22)32-25-10-8-7-9-11-25/h7-13,16-17,20,22-23,26-27,30H,14-15,18-19H2,1-6H3/t20-,22?,23?,26?,27+/m0/s1. The van der Waals surface area contributed by atoms with Crippen molar-refractivity contribution in [2.75, 3.05) is 0 Å². The number of hydrogen-bond donors (Lipinski definition) is 1. The van der Waals surface area contributed by atoms with E-state index in [1.807, 2.05) is 23.9 Å². The van der Waals surface area contributed by atoms with Gasteiger partial charge in [0.25, 0.3) is 0 Å². The first-order valence-corrected chi connectivity index (χ1v) is 16.3. The fraction of sp³-hybridized carbons (Fsp3) is 0.571. The third-order valence-corrected chi connectivity index (χ3v) is 13.7. The van der Waals surface area contributed by atoms with Crippen LogP contribution in [0.4, 0.5) is 0 Å². The van der Waals surface area contributed by atoms with Crippen LogP contribution in [-0.2, 0) is 0 Å². The summed E-state index contributed by atoms with van der Waals surface area (Å²) >= 11 is 2.04. The van der Waals surface area contributed by atoms with Crippen LogP contribution in [0.5, 0.6) is 5.75 Å². The van der Waals surface area contributed by atoms with Crippen molar-refractivity contribution in [3.8, 4) is 5.75 Å². The Morgan fingerprint density at radius 1 is 0.970 bits per heavy atom. The van der Waals surface area contributed by atoms with Gasteiger partial charge in [-0.1, -0.05) is 51.1 Å². The SMILES string of the molecule is C[C@@H]([C@@H](O)c1ccc(O[Si](C)(C)C(C)(C)C)cc1)N1C2CCC1CC(Sc1ccccc1)C2. The van der Waals surface area contributed by atoms with Crippen LogP contribution in [0, 0.1) is 0 Å². The van der Waals surface area contributed by atoms with E-state index in [0.29, 0.717) is 17.3 Å². The second kappa shape index (κ2) is 9.77. The minimum absolute atomic E-state index is 0.123. The Bertz CT molecular complexity index is 898.